The number of hydrogen-bond donors (Lipinski definition) is 2. The molecule has 0 spiro atoms. The lowest BCUT2D eigenvalue weighted by Gasteiger charge is -1.87. The first-order valence-corrected chi connectivity index (χ1v) is 3.74. The maximum Gasteiger partial charge on any atom is 0.0648 e. The van der Waals surface area contributed by atoms with Crippen LogP contribution in [0.5, 0.6) is 0 Å². The van der Waals surface area contributed by atoms with Gasteiger partial charge in [0.05, 0.1) is 13.2 Å². The van der Waals surface area contributed by atoms with Crippen LogP contribution in [0.2, 0.25) is 0 Å². The van der Waals surface area contributed by atoms with E-state index < -0.39 is 0 Å². The minimum atomic E-state index is 0.0391. The van der Waals surface area contributed by atoms with Crippen LogP contribution in [0.15, 0.2) is 23.3 Å². The molecule has 0 aromatic heterocycles. The summed E-state index contributed by atoms with van der Waals surface area (Å²) in [6.45, 7) is 3.68. The van der Waals surface area contributed by atoms with Gasteiger partial charge in [-0.25, -0.2) is 0 Å². The van der Waals surface area contributed by atoms with Gasteiger partial charge in [0, 0.05) is 0 Å². The summed E-state index contributed by atoms with van der Waals surface area (Å²) in [5.41, 5.74) is 1.66. The molecule has 0 unspecified atom stereocenters. The van der Waals surface area contributed by atoms with Gasteiger partial charge < -0.3 is 10.2 Å². The molecule has 0 heterocycles. The Labute approximate surface area is 73.2 Å². The van der Waals surface area contributed by atoms with Crippen molar-refractivity contribution in [3.05, 3.63) is 23.3 Å². The van der Waals surface area contributed by atoms with Gasteiger partial charge in [-0.3, -0.25) is 0 Å². The van der Waals surface area contributed by atoms with Crippen molar-refractivity contribution >= 4 is 0 Å². The van der Waals surface area contributed by atoms with E-state index in [9.17, 15) is 0 Å². The molecule has 2 heteroatoms. The standard InChI is InChI=1S/C10H14O2/c1-9(7-11)5-3-4-6-10(2)8-12/h5-6,11-12H,7-8H2,1-2H3/b9-5+,10-6+. The molecule has 0 atom stereocenters. The lowest BCUT2D eigenvalue weighted by molar-refractivity contribution is 0.331. The van der Waals surface area contributed by atoms with Gasteiger partial charge in [0.2, 0.25) is 0 Å². The van der Waals surface area contributed by atoms with Crippen molar-refractivity contribution < 1.29 is 10.2 Å². The SMILES string of the molecule is C/C(=C\C#C/C=C(\C)CO)CO. The van der Waals surface area contributed by atoms with Gasteiger partial charge >= 0.3 is 0 Å². The van der Waals surface area contributed by atoms with Crippen LogP contribution in [0.3, 0.4) is 0 Å². The van der Waals surface area contributed by atoms with Crippen molar-refractivity contribution in [2.75, 3.05) is 13.2 Å². The fourth-order valence-electron chi connectivity index (χ4n) is 0.421. The highest BCUT2D eigenvalue weighted by atomic mass is 16.3. The van der Waals surface area contributed by atoms with E-state index in [0.717, 1.165) is 11.1 Å². The Morgan fingerprint density at radius 3 is 1.58 bits per heavy atom. The molecule has 0 bridgehead atoms. The highest BCUT2D eigenvalue weighted by Crippen LogP contribution is 1.88. The topological polar surface area (TPSA) is 40.5 Å². The van der Waals surface area contributed by atoms with E-state index in [0.29, 0.717) is 0 Å². The Bertz CT molecular complexity index is 214. The van der Waals surface area contributed by atoms with Crippen LogP contribution in [0.4, 0.5) is 0 Å². The third-order valence-corrected chi connectivity index (χ3v) is 1.22. The summed E-state index contributed by atoms with van der Waals surface area (Å²) >= 11 is 0. The fourth-order valence-corrected chi connectivity index (χ4v) is 0.421. The van der Waals surface area contributed by atoms with Crippen molar-refractivity contribution in [2.45, 2.75) is 13.8 Å². The van der Waals surface area contributed by atoms with Crippen LogP contribution < -0.4 is 0 Å². The number of allylic oxidation sites excluding steroid dienone is 2. The predicted octanol–water partition coefficient (Wildman–Crippen LogP) is 0.867. The second-order valence-corrected chi connectivity index (χ2v) is 2.59. The molecule has 0 aromatic carbocycles. The molecule has 0 aliphatic carbocycles. The number of hydrogen-bond acceptors (Lipinski definition) is 2. The quantitative estimate of drug-likeness (QED) is 0.597. The Kier molecular flexibility index (Phi) is 6.08. The van der Waals surface area contributed by atoms with E-state index in [1.807, 2.05) is 0 Å². The van der Waals surface area contributed by atoms with Gasteiger partial charge in [0.1, 0.15) is 0 Å². The molecule has 12 heavy (non-hydrogen) atoms. The minimum absolute atomic E-state index is 0.0391. The zero-order valence-corrected chi connectivity index (χ0v) is 7.46. The largest absolute Gasteiger partial charge is 0.392 e. The average molecular weight is 166 g/mol. The van der Waals surface area contributed by atoms with Crippen molar-refractivity contribution in [3.8, 4) is 11.8 Å². The Hall–Kier alpha value is -1.04. The van der Waals surface area contributed by atoms with Gasteiger partial charge in [-0.15, -0.1) is 0 Å². The third kappa shape index (κ3) is 5.72. The van der Waals surface area contributed by atoms with Gasteiger partial charge in [-0.1, -0.05) is 11.8 Å². The van der Waals surface area contributed by atoms with Crippen molar-refractivity contribution in [1.29, 1.82) is 0 Å². The second-order valence-electron chi connectivity index (χ2n) is 2.59. The van der Waals surface area contributed by atoms with E-state index in [2.05, 4.69) is 11.8 Å². The lowest BCUT2D eigenvalue weighted by atomic mass is 10.3. The highest BCUT2D eigenvalue weighted by molar-refractivity contribution is 5.28. The second kappa shape index (κ2) is 6.66. The van der Waals surface area contributed by atoms with Gasteiger partial charge in [-0.05, 0) is 37.1 Å². The maximum atomic E-state index is 8.60. The van der Waals surface area contributed by atoms with Crippen LogP contribution in [0, 0.1) is 11.8 Å². The van der Waals surface area contributed by atoms with Gasteiger partial charge in [-0.2, -0.15) is 0 Å². The predicted molar refractivity (Wildman–Crippen MR) is 49.5 cm³/mol. The molecular weight excluding hydrogens is 152 g/mol. The number of aliphatic hydroxyl groups excluding tert-OH is 2. The van der Waals surface area contributed by atoms with Crippen molar-refractivity contribution in [3.63, 3.8) is 0 Å². The van der Waals surface area contributed by atoms with E-state index in [-0.39, 0.29) is 13.2 Å². The van der Waals surface area contributed by atoms with E-state index >= 15 is 0 Å². The molecule has 66 valence electrons. The molecular formula is C10H14O2. The summed E-state index contributed by atoms with van der Waals surface area (Å²) in [7, 11) is 0. The first-order valence-electron chi connectivity index (χ1n) is 3.74. The summed E-state index contributed by atoms with van der Waals surface area (Å²) in [6, 6.07) is 0. The molecule has 0 saturated heterocycles. The van der Waals surface area contributed by atoms with Crippen LogP contribution in [0.1, 0.15) is 13.8 Å². The zero-order valence-electron chi connectivity index (χ0n) is 7.46. The summed E-state index contributed by atoms with van der Waals surface area (Å²) in [4.78, 5) is 0. The molecule has 2 nitrogen and oxygen atoms in total. The molecule has 0 radical (unpaired) electrons. The molecule has 0 aliphatic rings. The van der Waals surface area contributed by atoms with Crippen LogP contribution in [-0.2, 0) is 0 Å². The lowest BCUT2D eigenvalue weighted by Crippen LogP contribution is -1.82. The maximum absolute atomic E-state index is 8.60. The van der Waals surface area contributed by atoms with Crippen LogP contribution >= 0.6 is 0 Å². The molecule has 0 rings (SSSR count). The fraction of sp³-hybridized carbons (Fsp3) is 0.400. The smallest absolute Gasteiger partial charge is 0.0648 e. The first kappa shape index (κ1) is 11.0. The van der Waals surface area contributed by atoms with Gasteiger partial charge in [0.15, 0.2) is 0 Å². The highest BCUT2D eigenvalue weighted by Gasteiger charge is 1.80. The number of aliphatic hydroxyl groups is 2. The first-order chi connectivity index (χ1) is 5.70. The van der Waals surface area contributed by atoms with E-state index in [1.165, 1.54) is 0 Å². The van der Waals surface area contributed by atoms with E-state index in [4.69, 9.17) is 10.2 Å². The summed E-state index contributed by atoms with van der Waals surface area (Å²) in [5, 5.41) is 17.2. The molecule has 2 N–H and O–H groups in total. The molecule has 0 aromatic rings. The zero-order chi connectivity index (χ0) is 9.40. The Morgan fingerprint density at radius 1 is 1.00 bits per heavy atom. The van der Waals surface area contributed by atoms with E-state index in [1.54, 1.807) is 26.0 Å². The molecule has 0 amide bonds. The molecule has 0 fully saturated rings. The summed E-state index contributed by atoms with van der Waals surface area (Å²) in [5.74, 6) is 5.48. The summed E-state index contributed by atoms with van der Waals surface area (Å²) in [6.07, 6.45) is 3.31. The number of rotatable bonds is 2. The van der Waals surface area contributed by atoms with Crippen molar-refractivity contribution in [2.24, 2.45) is 0 Å². The van der Waals surface area contributed by atoms with Crippen LogP contribution in [-0.4, -0.2) is 23.4 Å². The normalized spacial score (nSPS) is 12.3. The monoisotopic (exact) mass is 166 g/mol. The minimum Gasteiger partial charge on any atom is -0.392 e. The molecule has 0 aliphatic heterocycles. The molecule has 0 saturated carbocycles. The summed E-state index contributed by atoms with van der Waals surface area (Å²) < 4.78 is 0. The van der Waals surface area contributed by atoms with Gasteiger partial charge in [0.25, 0.3) is 0 Å². The van der Waals surface area contributed by atoms with Crippen LogP contribution in [0.25, 0.3) is 0 Å². The average Bonchev–Trinajstić information content (AvgIpc) is 2.11. The Morgan fingerprint density at radius 2 is 1.33 bits per heavy atom. The Balaban J connectivity index is 4.06. The third-order valence-electron chi connectivity index (χ3n) is 1.22. The van der Waals surface area contributed by atoms with Crippen molar-refractivity contribution in [1.82, 2.24) is 0 Å².